The molecule has 74 heavy (non-hydrogen) atoms. The first-order valence-corrected chi connectivity index (χ1v) is 25.7. The highest BCUT2D eigenvalue weighted by Gasteiger charge is 2.16. The van der Waals surface area contributed by atoms with Crippen molar-refractivity contribution in [1.82, 2.24) is 9.97 Å². The molecule has 0 unspecified atom stereocenters. The summed E-state index contributed by atoms with van der Waals surface area (Å²) in [5.74, 6) is 0. The van der Waals surface area contributed by atoms with Crippen molar-refractivity contribution in [1.29, 1.82) is 0 Å². The molecule has 0 saturated carbocycles. The third-order valence-electron chi connectivity index (χ3n) is 15.9. The predicted molar refractivity (Wildman–Crippen MR) is 316 cm³/mol. The van der Waals surface area contributed by atoms with Crippen LogP contribution in [0.4, 0.5) is 0 Å². The number of hydrogen-bond donors (Lipinski definition) is 0. The smallest absolute Gasteiger partial charge is 0.0971 e. The van der Waals surface area contributed by atoms with Crippen LogP contribution >= 0.6 is 0 Å². The lowest BCUT2D eigenvalue weighted by Crippen LogP contribution is -1.90. The zero-order chi connectivity index (χ0) is 49.6. The fourth-order valence-corrected chi connectivity index (χ4v) is 11.6. The van der Waals surface area contributed by atoms with Gasteiger partial charge in [-0.2, -0.15) is 0 Å². The van der Waals surface area contributed by atoms with Crippen LogP contribution in [-0.2, 0) is 0 Å². The van der Waals surface area contributed by atoms with E-state index in [1.165, 1.54) is 121 Å². The third kappa shape index (κ3) is 7.41. The van der Waals surface area contributed by atoms with Gasteiger partial charge in [0.2, 0.25) is 0 Å². The van der Waals surface area contributed by atoms with Crippen molar-refractivity contribution in [3.8, 4) is 66.8 Å². The van der Waals surface area contributed by atoms with Crippen LogP contribution in [0.1, 0.15) is 22.3 Å². The molecular weight excluding hydrogens is 893 g/mol. The fraction of sp³-hybridized carbons (Fsp3) is 0.0556. The summed E-state index contributed by atoms with van der Waals surface area (Å²) in [6.07, 6.45) is 3.61. The van der Waals surface area contributed by atoms with Gasteiger partial charge in [0.05, 0.1) is 11.0 Å². The number of benzene rings is 13. The van der Waals surface area contributed by atoms with Crippen molar-refractivity contribution >= 4 is 75.7 Å². The van der Waals surface area contributed by atoms with Crippen LogP contribution in [-0.4, -0.2) is 9.97 Å². The van der Waals surface area contributed by atoms with E-state index in [4.69, 9.17) is 9.97 Å². The van der Waals surface area contributed by atoms with Crippen molar-refractivity contribution in [2.24, 2.45) is 0 Å². The molecule has 0 aliphatic carbocycles. The Morgan fingerprint density at radius 3 is 0.811 bits per heavy atom. The molecule has 1 heterocycles. The lowest BCUT2D eigenvalue weighted by Gasteiger charge is -2.14. The average molecular weight is 943 g/mol. The summed E-state index contributed by atoms with van der Waals surface area (Å²) in [5, 5.41) is 14.8. The molecule has 14 rings (SSSR count). The Labute approximate surface area is 430 Å². The molecule has 1 aromatic heterocycles. The van der Waals surface area contributed by atoms with Gasteiger partial charge >= 0.3 is 0 Å². The van der Waals surface area contributed by atoms with Crippen molar-refractivity contribution in [2.45, 2.75) is 27.7 Å². The molecule has 0 atom stereocenters. The molecule has 13 aromatic carbocycles. The Balaban J connectivity index is 0.821. The molecule has 348 valence electrons. The highest BCUT2D eigenvalue weighted by molar-refractivity contribution is 6.24. The lowest BCUT2D eigenvalue weighted by molar-refractivity contribution is 1.31. The SMILES string of the molecule is Cc1cc2ccc3ccc(-c4cccc(-c5cccc(-c6ccc7c(c6)c6cc(-c8cccc(-c9cccc(-c%10ccc%11ccc%12cc(C)c(C)cc%12c%11c%10)c9)c8)ccc6c6nccnc76)c5)c4)cc3c2cc1C. The molecule has 0 radical (unpaired) electrons. The molecule has 0 amide bonds. The number of hydrogen-bond acceptors (Lipinski definition) is 2. The molecule has 0 fully saturated rings. The zero-order valence-electron chi connectivity index (χ0n) is 41.8. The maximum Gasteiger partial charge on any atom is 0.0971 e. The van der Waals surface area contributed by atoms with E-state index in [1.54, 1.807) is 12.4 Å². The number of rotatable bonds is 6. The Bertz CT molecular complexity index is 4360. The minimum atomic E-state index is 0.915. The second-order valence-electron chi connectivity index (χ2n) is 20.4. The first-order valence-electron chi connectivity index (χ1n) is 25.7. The lowest BCUT2D eigenvalue weighted by atomic mass is 9.91. The van der Waals surface area contributed by atoms with Crippen LogP contribution in [0.25, 0.3) is 142 Å². The molecule has 0 aliphatic heterocycles. The van der Waals surface area contributed by atoms with E-state index < -0.39 is 0 Å². The summed E-state index contributed by atoms with van der Waals surface area (Å²) in [4.78, 5) is 9.83. The number of nitrogens with zero attached hydrogens (tertiary/aromatic N) is 2. The molecule has 2 heteroatoms. The van der Waals surface area contributed by atoms with E-state index in [2.05, 4.69) is 246 Å². The van der Waals surface area contributed by atoms with Gasteiger partial charge in [-0.05, 0) is 219 Å². The second kappa shape index (κ2) is 17.2. The monoisotopic (exact) mass is 942 g/mol. The van der Waals surface area contributed by atoms with Crippen LogP contribution in [0.5, 0.6) is 0 Å². The molecule has 0 bridgehead atoms. The van der Waals surface area contributed by atoms with Gasteiger partial charge in [0.1, 0.15) is 0 Å². The molecule has 0 N–H and O–H groups in total. The maximum atomic E-state index is 4.91. The molecule has 0 spiro atoms. The molecular formula is C72H50N2. The van der Waals surface area contributed by atoms with E-state index in [-0.39, 0.29) is 0 Å². The summed E-state index contributed by atoms with van der Waals surface area (Å²) >= 11 is 0. The van der Waals surface area contributed by atoms with Gasteiger partial charge in [-0.15, -0.1) is 0 Å². The summed E-state index contributed by atoms with van der Waals surface area (Å²) in [5.41, 5.74) is 21.3. The standard InChI is InChI=1S/C72H50N2/c1-43-31-61-23-19-47-17-21-57(39-67(47)65(61)33-45(43)3)53-13-5-9-49(35-53)51-11-7-15-55(37-51)59-25-27-63-69(41-59)70-42-60(26-28-64(70)72-71(63)73-29-30-74-72)56-16-8-12-52(38-56)50-10-6-14-54(36-50)58-22-18-48-20-24-62-32-44(2)46(4)34-66(62)68(48)40-58/h5-42H,1-4H3. The van der Waals surface area contributed by atoms with Gasteiger partial charge in [-0.1, -0.05) is 170 Å². The number of aryl methyl sites for hydroxylation is 4. The summed E-state index contributed by atoms with van der Waals surface area (Å²) in [6.45, 7) is 8.80. The zero-order valence-corrected chi connectivity index (χ0v) is 41.8. The van der Waals surface area contributed by atoms with Crippen LogP contribution in [0.15, 0.2) is 231 Å². The summed E-state index contributed by atoms with van der Waals surface area (Å²) in [7, 11) is 0. The van der Waals surface area contributed by atoms with Crippen LogP contribution < -0.4 is 0 Å². The van der Waals surface area contributed by atoms with Gasteiger partial charge < -0.3 is 0 Å². The highest BCUT2D eigenvalue weighted by Crippen LogP contribution is 2.41. The second-order valence-corrected chi connectivity index (χ2v) is 20.4. The van der Waals surface area contributed by atoms with E-state index in [0.29, 0.717) is 0 Å². The van der Waals surface area contributed by atoms with E-state index >= 15 is 0 Å². The average Bonchev–Trinajstić information content (AvgIpc) is 3.48. The van der Waals surface area contributed by atoms with Crippen molar-refractivity contribution in [3.63, 3.8) is 0 Å². The topological polar surface area (TPSA) is 25.8 Å². The van der Waals surface area contributed by atoms with Crippen LogP contribution in [0.2, 0.25) is 0 Å². The van der Waals surface area contributed by atoms with Gasteiger partial charge in [-0.3, -0.25) is 9.97 Å². The quantitative estimate of drug-likeness (QED) is 0.155. The largest absolute Gasteiger partial charge is 0.252 e. The first-order chi connectivity index (χ1) is 36.3. The Hall–Kier alpha value is -9.24. The van der Waals surface area contributed by atoms with Crippen molar-refractivity contribution < 1.29 is 0 Å². The van der Waals surface area contributed by atoms with Gasteiger partial charge in [0.25, 0.3) is 0 Å². The van der Waals surface area contributed by atoms with Gasteiger partial charge in [-0.25, -0.2) is 0 Å². The minimum absolute atomic E-state index is 0.915. The Morgan fingerprint density at radius 2 is 0.459 bits per heavy atom. The summed E-state index contributed by atoms with van der Waals surface area (Å²) < 4.78 is 0. The minimum Gasteiger partial charge on any atom is -0.252 e. The predicted octanol–water partition coefficient (Wildman–Crippen LogP) is 19.8. The maximum absolute atomic E-state index is 4.91. The Morgan fingerprint density at radius 1 is 0.203 bits per heavy atom. The molecule has 14 aromatic rings. The van der Waals surface area contributed by atoms with Gasteiger partial charge in [0.15, 0.2) is 0 Å². The Kier molecular flexibility index (Phi) is 10.1. The molecule has 0 aliphatic rings. The van der Waals surface area contributed by atoms with E-state index in [1.807, 2.05) is 0 Å². The fourth-order valence-electron chi connectivity index (χ4n) is 11.6. The summed E-state index contributed by atoms with van der Waals surface area (Å²) in [6, 6.07) is 81.6. The normalized spacial score (nSPS) is 11.8. The van der Waals surface area contributed by atoms with E-state index in [9.17, 15) is 0 Å². The van der Waals surface area contributed by atoms with Gasteiger partial charge in [0, 0.05) is 23.2 Å². The third-order valence-corrected chi connectivity index (χ3v) is 15.9. The van der Waals surface area contributed by atoms with Crippen LogP contribution in [0, 0.1) is 27.7 Å². The highest BCUT2D eigenvalue weighted by atomic mass is 14.8. The van der Waals surface area contributed by atoms with Crippen molar-refractivity contribution in [3.05, 3.63) is 253 Å². The molecule has 0 saturated heterocycles. The van der Waals surface area contributed by atoms with E-state index in [0.717, 1.165) is 43.7 Å². The van der Waals surface area contributed by atoms with Crippen LogP contribution in [0.3, 0.4) is 0 Å². The molecule has 2 nitrogen and oxygen atoms in total. The first kappa shape index (κ1) is 43.5. The van der Waals surface area contributed by atoms with Crippen molar-refractivity contribution in [2.75, 3.05) is 0 Å². The number of fused-ring (bicyclic) bond motifs is 12. The number of aromatic nitrogens is 2.